The summed E-state index contributed by atoms with van der Waals surface area (Å²) >= 11 is 3.10. The lowest BCUT2D eigenvalue weighted by molar-refractivity contribution is -0.615. The van der Waals surface area contributed by atoms with Crippen LogP contribution in [0.5, 0.6) is 0 Å². The van der Waals surface area contributed by atoms with E-state index in [9.17, 15) is 10.0 Å². The number of carbonyl (C=O) groups is 1. The van der Waals surface area contributed by atoms with E-state index in [-0.39, 0.29) is 5.69 Å². The third kappa shape index (κ3) is 1.55. The van der Waals surface area contributed by atoms with E-state index in [0.29, 0.717) is 14.9 Å². The van der Waals surface area contributed by atoms with Crippen LogP contribution in [0.2, 0.25) is 0 Å². The summed E-state index contributed by atoms with van der Waals surface area (Å²) < 4.78 is 0.970. The highest BCUT2D eigenvalue weighted by Gasteiger charge is 2.16. The molecule has 0 fully saturated rings. The Labute approximate surface area is 77.2 Å². The first-order chi connectivity index (χ1) is 5.52. The number of aryl methyl sites for hydroxylation is 1. The zero-order valence-electron chi connectivity index (χ0n) is 6.24. The summed E-state index contributed by atoms with van der Waals surface area (Å²) in [6.45, 7) is 1.55. The molecule has 4 nitrogen and oxygen atoms in total. The van der Waals surface area contributed by atoms with Crippen LogP contribution in [0.3, 0.4) is 0 Å². The summed E-state index contributed by atoms with van der Waals surface area (Å²) in [6, 6.07) is 2.82. The van der Waals surface area contributed by atoms with Gasteiger partial charge >= 0.3 is 11.7 Å². The van der Waals surface area contributed by atoms with Crippen LogP contribution in [0.1, 0.15) is 16.2 Å². The van der Waals surface area contributed by atoms with Crippen LogP contribution in [0.4, 0.5) is 0 Å². The Hall–Kier alpha value is -1.10. The highest BCUT2D eigenvalue weighted by Crippen LogP contribution is 2.10. The van der Waals surface area contributed by atoms with Gasteiger partial charge < -0.3 is 10.3 Å². The predicted octanol–water partition coefficient (Wildman–Crippen LogP) is 1.09. The third-order valence-corrected chi connectivity index (χ3v) is 1.84. The second-order valence-corrected chi connectivity index (χ2v) is 3.22. The number of halogens is 1. The zero-order valence-corrected chi connectivity index (χ0v) is 7.83. The normalized spacial score (nSPS) is 9.83. The van der Waals surface area contributed by atoms with Gasteiger partial charge in [0.15, 0.2) is 5.69 Å². The molecule has 0 saturated heterocycles. The highest BCUT2D eigenvalue weighted by atomic mass is 79.9. The largest absolute Gasteiger partial charge is 0.618 e. The standard InChI is InChI=1S/C7H6BrNO3/c1-4-2-5(8)3-6(7(10)11)9(4)12/h2-3H,1H3,(H,10,11). The number of pyridine rings is 1. The smallest absolute Gasteiger partial charge is 0.402 e. The molecule has 0 spiro atoms. The second kappa shape index (κ2) is 3.10. The van der Waals surface area contributed by atoms with Crippen molar-refractivity contribution in [3.8, 4) is 0 Å². The number of carboxylic acids is 1. The summed E-state index contributed by atoms with van der Waals surface area (Å²) in [6.07, 6.45) is 0. The molecular weight excluding hydrogens is 226 g/mol. The Morgan fingerprint density at radius 3 is 2.75 bits per heavy atom. The fourth-order valence-corrected chi connectivity index (χ4v) is 1.38. The SMILES string of the molecule is Cc1cc(Br)cc(C(=O)O)[n+]1[O-]. The highest BCUT2D eigenvalue weighted by molar-refractivity contribution is 9.10. The first kappa shape index (κ1) is 8.99. The van der Waals surface area contributed by atoms with Crippen molar-refractivity contribution in [2.45, 2.75) is 6.92 Å². The molecule has 5 heteroatoms. The number of aromatic nitrogens is 1. The molecule has 1 N–H and O–H groups in total. The van der Waals surface area contributed by atoms with Gasteiger partial charge in [0.1, 0.15) is 0 Å². The molecule has 0 aliphatic rings. The second-order valence-electron chi connectivity index (χ2n) is 2.30. The number of hydrogen-bond donors (Lipinski definition) is 1. The topological polar surface area (TPSA) is 64.2 Å². The lowest BCUT2D eigenvalue weighted by Crippen LogP contribution is -2.37. The first-order valence-corrected chi connectivity index (χ1v) is 3.94. The van der Waals surface area contributed by atoms with E-state index in [0.717, 1.165) is 0 Å². The molecular formula is C7H6BrNO3. The van der Waals surface area contributed by atoms with Crippen LogP contribution >= 0.6 is 15.9 Å². The monoisotopic (exact) mass is 231 g/mol. The van der Waals surface area contributed by atoms with Gasteiger partial charge in [0, 0.05) is 23.5 Å². The molecule has 0 radical (unpaired) electrons. The quantitative estimate of drug-likeness (QED) is 0.582. The van der Waals surface area contributed by atoms with E-state index in [2.05, 4.69) is 15.9 Å². The summed E-state index contributed by atoms with van der Waals surface area (Å²) in [5, 5.41) is 19.7. The van der Waals surface area contributed by atoms with E-state index in [1.807, 2.05) is 0 Å². The van der Waals surface area contributed by atoms with Crippen LogP contribution in [-0.2, 0) is 0 Å². The maximum Gasteiger partial charge on any atom is 0.402 e. The first-order valence-electron chi connectivity index (χ1n) is 3.15. The molecule has 0 bridgehead atoms. The Morgan fingerprint density at radius 2 is 2.25 bits per heavy atom. The molecule has 0 saturated carbocycles. The van der Waals surface area contributed by atoms with Crippen LogP contribution in [0.25, 0.3) is 0 Å². The third-order valence-electron chi connectivity index (χ3n) is 1.38. The van der Waals surface area contributed by atoms with Gasteiger partial charge in [0.05, 0.1) is 0 Å². The van der Waals surface area contributed by atoms with Crippen molar-refractivity contribution < 1.29 is 14.6 Å². The fourth-order valence-electron chi connectivity index (χ4n) is 0.828. The number of aromatic carboxylic acids is 1. The minimum absolute atomic E-state index is 0.276. The molecule has 0 aliphatic heterocycles. The van der Waals surface area contributed by atoms with Crippen molar-refractivity contribution in [1.29, 1.82) is 0 Å². The van der Waals surface area contributed by atoms with Crippen LogP contribution in [0, 0.1) is 12.1 Å². The Balaban J connectivity index is 3.37. The van der Waals surface area contributed by atoms with Crippen molar-refractivity contribution in [3.63, 3.8) is 0 Å². The molecule has 1 heterocycles. The average molecular weight is 232 g/mol. The number of hydrogen-bond acceptors (Lipinski definition) is 2. The lowest BCUT2D eigenvalue weighted by Gasteiger charge is -2.03. The molecule has 0 aliphatic carbocycles. The van der Waals surface area contributed by atoms with Crippen LogP contribution in [0.15, 0.2) is 16.6 Å². The van der Waals surface area contributed by atoms with Gasteiger partial charge in [0.2, 0.25) is 0 Å². The summed E-state index contributed by atoms with van der Waals surface area (Å²) in [5.41, 5.74) is 0.0728. The minimum atomic E-state index is -1.23. The van der Waals surface area contributed by atoms with Gasteiger partial charge in [-0.1, -0.05) is 15.9 Å². The summed E-state index contributed by atoms with van der Waals surface area (Å²) in [4.78, 5) is 10.5. The lowest BCUT2D eigenvalue weighted by atomic mass is 10.3. The Bertz CT molecular complexity index is 338. The zero-order chi connectivity index (χ0) is 9.30. The van der Waals surface area contributed by atoms with Gasteiger partial charge in [-0.3, -0.25) is 0 Å². The fraction of sp³-hybridized carbons (Fsp3) is 0.143. The van der Waals surface area contributed by atoms with E-state index in [4.69, 9.17) is 5.11 Å². The van der Waals surface area contributed by atoms with Gasteiger partial charge in [-0.15, -0.1) is 0 Å². The maximum absolute atomic E-state index is 11.1. The Morgan fingerprint density at radius 1 is 1.67 bits per heavy atom. The van der Waals surface area contributed by atoms with E-state index in [1.165, 1.54) is 6.07 Å². The van der Waals surface area contributed by atoms with Gasteiger partial charge in [0.25, 0.3) is 0 Å². The Kier molecular flexibility index (Phi) is 2.32. The maximum atomic E-state index is 11.1. The van der Waals surface area contributed by atoms with E-state index in [1.54, 1.807) is 13.0 Å². The minimum Gasteiger partial charge on any atom is -0.618 e. The van der Waals surface area contributed by atoms with Crippen LogP contribution in [-0.4, -0.2) is 11.1 Å². The number of nitrogens with zero attached hydrogens (tertiary/aromatic N) is 1. The van der Waals surface area contributed by atoms with Gasteiger partial charge in [-0.25, -0.2) is 4.79 Å². The molecule has 0 unspecified atom stereocenters. The van der Waals surface area contributed by atoms with Crippen molar-refractivity contribution in [2.24, 2.45) is 0 Å². The molecule has 1 rings (SSSR count). The molecule has 0 atom stereocenters. The summed E-state index contributed by atoms with van der Waals surface area (Å²) in [5.74, 6) is -1.23. The number of carboxylic acid groups (broad SMARTS) is 1. The van der Waals surface area contributed by atoms with E-state index < -0.39 is 5.97 Å². The average Bonchev–Trinajstić information content (AvgIpc) is 1.96. The van der Waals surface area contributed by atoms with Crippen molar-refractivity contribution in [2.75, 3.05) is 0 Å². The predicted molar refractivity (Wildman–Crippen MR) is 44.8 cm³/mol. The number of rotatable bonds is 1. The van der Waals surface area contributed by atoms with Crippen molar-refractivity contribution in [1.82, 2.24) is 0 Å². The molecule has 0 amide bonds. The van der Waals surface area contributed by atoms with E-state index >= 15 is 0 Å². The summed E-state index contributed by atoms with van der Waals surface area (Å²) in [7, 11) is 0. The molecule has 1 aromatic heterocycles. The van der Waals surface area contributed by atoms with Crippen molar-refractivity contribution >= 4 is 21.9 Å². The van der Waals surface area contributed by atoms with Crippen LogP contribution < -0.4 is 4.73 Å². The molecule has 12 heavy (non-hydrogen) atoms. The van der Waals surface area contributed by atoms with Gasteiger partial charge in [-0.05, 0) is 0 Å². The molecule has 64 valence electrons. The molecule has 0 aromatic carbocycles. The molecule has 1 aromatic rings. The van der Waals surface area contributed by atoms with Crippen molar-refractivity contribution in [3.05, 3.63) is 33.2 Å². The van der Waals surface area contributed by atoms with Gasteiger partial charge in [-0.2, -0.15) is 4.73 Å².